The zero-order valence-electron chi connectivity index (χ0n) is 16.5. The second-order valence-corrected chi connectivity index (χ2v) is 8.35. The van der Waals surface area contributed by atoms with Gasteiger partial charge in [0, 0.05) is 20.1 Å². The lowest BCUT2D eigenvalue weighted by Crippen LogP contribution is -2.41. The molecule has 1 saturated heterocycles. The second kappa shape index (κ2) is 7.62. The molecule has 0 radical (unpaired) electrons. The third-order valence-electron chi connectivity index (χ3n) is 6.58. The fourth-order valence-electron chi connectivity index (χ4n) is 4.98. The summed E-state index contributed by atoms with van der Waals surface area (Å²) in [5.41, 5.74) is 0.346. The molecule has 2 aromatic heterocycles. The zero-order valence-corrected chi connectivity index (χ0v) is 16.5. The van der Waals surface area contributed by atoms with E-state index in [1.165, 1.54) is 32.1 Å². The topological polar surface area (TPSA) is 75.9 Å². The van der Waals surface area contributed by atoms with E-state index < -0.39 is 0 Å². The molecule has 2 aliphatic rings. The summed E-state index contributed by atoms with van der Waals surface area (Å²) < 4.78 is 3.50. The Hall–Kier alpha value is -1.89. The number of imidazole rings is 1. The van der Waals surface area contributed by atoms with Gasteiger partial charge in [0.15, 0.2) is 11.2 Å². The summed E-state index contributed by atoms with van der Waals surface area (Å²) in [6.07, 6.45) is 8.65. The summed E-state index contributed by atoms with van der Waals surface area (Å²) in [5.74, 6) is 2.59. The molecule has 1 N–H and O–H groups in total. The van der Waals surface area contributed by atoms with Gasteiger partial charge >= 0.3 is 5.69 Å². The van der Waals surface area contributed by atoms with Crippen molar-refractivity contribution in [2.75, 3.05) is 13.1 Å². The SMILES string of the molecule is CCCCn1c(=O)[nH]c(=O)c2c1nc(CN1CC[C@H]3CCCC[C@@H]3C1)n2C. The Labute approximate surface area is 159 Å². The molecule has 4 rings (SSSR count). The quantitative estimate of drug-likeness (QED) is 0.872. The van der Waals surface area contributed by atoms with Gasteiger partial charge in [-0.2, -0.15) is 0 Å². The van der Waals surface area contributed by atoms with E-state index >= 15 is 0 Å². The number of likely N-dealkylation sites (tertiary alicyclic amines) is 1. The van der Waals surface area contributed by atoms with Crippen molar-refractivity contribution in [2.24, 2.45) is 18.9 Å². The largest absolute Gasteiger partial charge is 0.330 e. The lowest BCUT2D eigenvalue weighted by atomic mass is 9.75. The van der Waals surface area contributed by atoms with E-state index in [9.17, 15) is 9.59 Å². The summed E-state index contributed by atoms with van der Waals surface area (Å²) in [6, 6.07) is 0. The Balaban J connectivity index is 1.62. The predicted octanol–water partition coefficient (Wildman–Crippen LogP) is 2.24. The number of hydrogen-bond donors (Lipinski definition) is 1. The first-order valence-electron chi connectivity index (χ1n) is 10.5. The van der Waals surface area contributed by atoms with Gasteiger partial charge in [0.2, 0.25) is 0 Å². The number of hydrogen-bond acceptors (Lipinski definition) is 4. The van der Waals surface area contributed by atoms with E-state index in [4.69, 9.17) is 4.98 Å². The number of fused-ring (bicyclic) bond motifs is 2. The van der Waals surface area contributed by atoms with E-state index in [1.54, 1.807) is 4.57 Å². The summed E-state index contributed by atoms with van der Waals surface area (Å²) in [6.45, 7) is 5.66. The molecule has 0 spiro atoms. The van der Waals surface area contributed by atoms with E-state index in [-0.39, 0.29) is 11.2 Å². The lowest BCUT2D eigenvalue weighted by Gasteiger charge is -2.41. The Bertz CT molecular complexity index is 925. The van der Waals surface area contributed by atoms with Crippen LogP contribution < -0.4 is 11.2 Å². The van der Waals surface area contributed by atoms with Crippen LogP contribution in [0.5, 0.6) is 0 Å². The minimum atomic E-state index is -0.353. The standard InChI is InChI=1S/C20H31N5O2/c1-3-4-10-25-18-17(19(26)22-20(25)27)23(2)16(21-18)13-24-11-9-14-7-5-6-8-15(14)12-24/h14-15H,3-13H2,1-2H3,(H,22,26,27)/t14-,15-/m1/s1. The third-order valence-corrected chi connectivity index (χ3v) is 6.58. The lowest BCUT2D eigenvalue weighted by molar-refractivity contribution is 0.0798. The number of unbranched alkanes of at least 4 members (excludes halogenated alkanes) is 1. The number of piperidine rings is 1. The Morgan fingerprint density at radius 2 is 1.93 bits per heavy atom. The number of nitrogens with one attached hydrogen (secondary N) is 1. The van der Waals surface area contributed by atoms with Crippen molar-refractivity contribution in [1.82, 2.24) is 24.0 Å². The number of rotatable bonds is 5. The second-order valence-electron chi connectivity index (χ2n) is 8.35. The van der Waals surface area contributed by atoms with Crippen molar-refractivity contribution in [2.45, 2.75) is 65.0 Å². The minimum absolute atomic E-state index is 0.338. The van der Waals surface area contributed by atoms with Crippen LogP contribution in [-0.2, 0) is 20.1 Å². The summed E-state index contributed by atoms with van der Waals surface area (Å²) in [4.78, 5) is 34.4. The highest BCUT2D eigenvalue weighted by atomic mass is 16.2. The van der Waals surface area contributed by atoms with Crippen molar-refractivity contribution < 1.29 is 0 Å². The van der Waals surface area contributed by atoms with Crippen LogP contribution in [0.2, 0.25) is 0 Å². The maximum atomic E-state index is 12.4. The summed E-state index contributed by atoms with van der Waals surface area (Å²) >= 11 is 0. The van der Waals surface area contributed by atoms with Gasteiger partial charge in [-0.05, 0) is 37.6 Å². The molecule has 1 saturated carbocycles. The summed E-state index contributed by atoms with van der Waals surface area (Å²) in [7, 11) is 1.89. The minimum Gasteiger partial charge on any atom is -0.324 e. The molecular formula is C20H31N5O2. The number of nitrogens with zero attached hydrogens (tertiary/aromatic N) is 4. The van der Waals surface area contributed by atoms with Gasteiger partial charge in [-0.15, -0.1) is 0 Å². The molecule has 1 aliphatic heterocycles. The van der Waals surface area contributed by atoms with E-state index in [0.29, 0.717) is 17.7 Å². The molecule has 0 amide bonds. The van der Waals surface area contributed by atoms with Crippen LogP contribution in [0.15, 0.2) is 9.59 Å². The smallest absolute Gasteiger partial charge is 0.324 e. The van der Waals surface area contributed by atoms with Crippen LogP contribution in [-0.4, -0.2) is 37.1 Å². The molecule has 1 aliphatic carbocycles. The average molecular weight is 374 g/mol. The van der Waals surface area contributed by atoms with Gasteiger partial charge in [-0.1, -0.05) is 32.6 Å². The molecule has 7 heteroatoms. The van der Waals surface area contributed by atoms with Crippen LogP contribution in [0.1, 0.15) is 57.7 Å². The van der Waals surface area contributed by atoms with Crippen molar-refractivity contribution in [3.8, 4) is 0 Å². The highest BCUT2D eigenvalue weighted by Crippen LogP contribution is 2.36. The number of H-pyrrole nitrogens is 1. The van der Waals surface area contributed by atoms with Crippen LogP contribution in [0.4, 0.5) is 0 Å². The van der Waals surface area contributed by atoms with Crippen molar-refractivity contribution in [1.29, 1.82) is 0 Å². The molecular weight excluding hydrogens is 342 g/mol. The Morgan fingerprint density at radius 1 is 1.15 bits per heavy atom. The third kappa shape index (κ3) is 3.49. The van der Waals surface area contributed by atoms with Gasteiger partial charge in [-0.25, -0.2) is 9.78 Å². The van der Waals surface area contributed by atoms with Crippen LogP contribution >= 0.6 is 0 Å². The normalized spacial score (nSPS) is 23.6. The molecule has 2 aromatic rings. The molecule has 27 heavy (non-hydrogen) atoms. The summed E-state index contributed by atoms with van der Waals surface area (Å²) in [5, 5.41) is 0. The van der Waals surface area contributed by atoms with Crippen molar-refractivity contribution in [3.63, 3.8) is 0 Å². The van der Waals surface area contributed by atoms with Gasteiger partial charge < -0.3 is 4.57 Å². The number of aryl methyl sites for hydroxylation is 2. The van der Waals surface area contributed by atoms with Crippen LogP contribution in [0.25, 0.3) is 11.2 Å². The monoisotopic (exact) mass is 373 g/mol. The van der Waals surface area contributed by atoms with Gasteiger partial charge in [0.25, 0.3) is 5.56 Å². The maximum absolute atomic E-state index is 12.4. The highest BCUT2D eigenvalue weighted by molar-refractivity contribution is 5.70. The van der Waals surface area contributed by atoms with Gasteiger partial charge in [-0.3, -0.25) is 19.2 Å². The first-order chi connectivity index (χ1) is 13.1. The molecule has 0 unspecified atom stereocenters. The van der Waals surface area contributed by atoms with Crippen molar-refractivity contribution >= 4 is 11.2 Å². The molecule has 0 bridgehead atoms. The highest BCUT2D eigenvalue weighted by Gasteiger charge is 2.31. The maximum Gasteiger partial charge on any atom is 0.330 e. The fraction of sp³-hybridized carbons (Fsp3) is 0.750. The van der Waals surface area contributed by atoms with E-state index in [1.807, 2.05) is 11.6 Å². The van der Waals surface area contributed by atoms with Crippen LogP contribution in [0.3, 0.4) is 0 Å². The zero-order chi connectivity index (χ0) is 19.0. The molecule has 7 nitrogen and oxygen atoms in total. The Kier molecular flexibility index (Phi) is 5.21. The average Bonchev–Trinajstić information content (AvgIpc) is 2.98. The molecule has 2 atom stereocenters. The Morgan fingerprint density at radius 3 is 2.70 bits per heavy atom. The number of aromatic nitrogens is 4. The number of aromatic amines is 1. The van der Waals surface area contributed by atoms with E-state index in [2.05, 4.69) is 16.8 Å². The molecule has 0 aromatic carbocycles. The molecule has 2 fully saturated rings. The first kappa shape index (κ1) is 18.5. The molecule has 3 heterocycles. The predicted molar refractivity (Wildman–Crippen MR) is 106 cm³/mol. The van der Waals surface area contributed by atoms with Gasteiger partial charge in [0.1, 0.15) is 5.82 Å². The van der Waals surface area contributed by atoms with E-state index in [0.717, 1.165) is 50.1 Å². The molecule has 148 valence electrons. The van der Waals surface area contributed by atoms with Crippen LogP contribution in [0, 0.1) is 11.8 Å². The van der Waals surface area contributed by atoms with Crippen molar-refractivity contribution in [3.05, 3.63) is 26.7 Å². The first-order valence-corrected chi connectivity index (χ1v) is 10.5. The van der Waals surface area contributed by atoms with Gasteiger partial charge in [0.05, 0.1) is 6.54 Å². The fourth-order valence-corrected chi connectivity index (χ4v) is 4.98.